The summed E-state index contributed by atoms with van der Waals surface area (Å²) < 4.78 is 0. The Bertz CT molecular complexity index is 2130. The van der Waals surface area contributed by atoms with Gasteiger partial charge < -0.3 is 15.6 Å². The lowest BCUT2D eigenvalue weighted by atomic mass is 10.0. The number of amides is 10. The summed E-state index contributed by atoms with van der Waals surface area (Å²) in [6.07, 6.45) is 4.73. The predicted molar refractivity (Wildman–Crippen MR) is 192 cm³/mol. The number of aliphatic hydroxyl groups excluding tert-OH is 1. The summed E-state index contributed by atoms with van der Waals surface area (Å²) in [7, 11) is 0. The molecule has 0 saturated carbocycles. The van der Waals surface area contributed by atoms with Crippen molar-refractivity contribution in [3.8, 4) is 0 Å². The number of hydrogen-bond acceptors (Lipinski definition) is 13. The Labute approximate surface area is 323 Å². The van der Waals surface area contributed by atoms with Crippen LogP contribution in [0.15, 0.2) is 24.3 Å². The zero-order chi connectivity index (χ0) is 40.9. The van der Waals surface area contributed by atoms with Crippen molar-refractivity contribution in [3.05, 3.63) is 68.8 Å². The zero-order valence-corrected chi connectivity index (χ0v) is 30.5. The van der Waals surface area contributed by atoms with Crippen LogP contribution in [0.2, 0.25) is 0 Å². The summed E-state index contributed by atoms with van der Waals surface area (Å²) in [5.74, 6) is -4.56. The molecule has 10 amide bonds. The van der Waals surface area contributed by atoms with E-state index in [1.807, 2.05) is 0 Å². The molecule has 7 aliphatic rings. The molecule has 0 spiro atoms. The molecule has 18 nitrogen and oxygen atoms in total. The maximum atomic E-state index is 12.7. The number of piperidine rings is 3. The van der Waals surface area contributed by atoms with Crippen molar-refractivity contribution in [2.75, 3.05) is 6.61 Å². The van der Waals surface area contributed by atoms with Crippen LogP contribution < -0.4 is 21.7 Å². The molecule has 2 aliphatic carbocycles. The first-order chi connectivity index (χ1) is 27.2. The average Bonchev–Trinajstić information content (AvgIpc) is 3.91. The highest BCUT2D eigenvalue weighted by Gasteiger charge is 2.47. The lowest BCUT2D eigenvalue weighted by molar-refractivity contribution is -0.137. The second-order valence-electron chi connectivity index (χ2n) is 15.0. The minimum atomic E-state index is -0.951. The van der Waals surface area contributed by atoms with Gasteiger partial charge in [-0.1, -0.05) is 0 Å². The molecule has 57 heavy (non-hydrogen) atoms. The number of hydrogen-bond donors (Lipinski definition) is 5. The highest BCUT2D eigenvalue weighted by Crippen LogP contribution is 2.36. The number of carbonyl (C=O) groups is 11. The Balaban J connectivity index is 0.000000144. The molecule has 9 rings (SSSR count). The molecule has 3 fully saturated rings. The third-order valence-corrected chi connectivity index (χ3v) is 11.2. The van der Waals surface area contributed by atoms with Crippen molar-refractivity contribution < 1.29 is 57.8 Å². The summed E-state index contributed by atoms with van der Waals surface area (Å²) in [4.78, 5) is 131. The fourth-order valence-electron chi connectivity index (χ4n) is 8.24. The minimum Gasteiger partial charge on any atom is -0.396 e. The maximum absolute atomic E-state index is 12.7. The first-order valence-electron chi connectivity index (χ1n) is 18.6. The van der Waals surface area contributed by atoms with Gasteiger partial charge in [-0.05, 0) is 97.4 Å². The van der Waals surface area contributed by atoms with Gasteiger partial charge in [-0.2, -0.15) is 0 Å². The van der Waals surface area contributed by atoms with Gasteiger partial charge in [0, 0.05) is 31.8 Å². The molecule has 5 aliphatic heterocycles. The summed E-state index contributed by atoms with van der Waals surface area (Å²) in [6.45, 7) is 0.0731. The molecule has 0 aromatic heterocycles. The minimum absolute atomic E-state index is 0.0731. The van der Waals surface area contributed by atoms with Crippen LogP contribution in [0.3, 0.4) is 0 Å². The normalized spacial score (nSPS) is 24.1. The molecule has 0 bridgehead atoms. The standard InChI is InChI=1S/C17H16N2O5.C17H14N2O5.C5H8N2O2/c2*20-7-8-3-9-5-11-12(6-10(9)4-8)17(24)19(16(11)23)13-1-2-14(21)18-15(13)22;6-3-1-2-4(8)7-5(3)9/h5-6,8,13,20H,1-4,7H2,(H,18,21,22);5-8,13H,1-4H2,(H,18,21,22);3H,1-2,6H2,(H,7,8,9). The van der Waals surface area contributed by atoms with Crippen LogP contribution in [-0.2, 0) is 59.2 Å². The molecular weight excluding hydrogens is 744 g/mol. The van der Waals surface area contributed by atoms with E-state index in [1.165, 1.54) is 0 Å². The number of rotatable bonds is 4. The Hall–Kier alpha value is -6.27. The number of aldehydes is 1. The van der Waals surface area contributed by atoms with Crippen molar-refractivity contribution in [1.29, 1.82) is 0 Å². The van der Waals surface area contributed by atoms with Gasteiger partial charge in [-0.3, -0.25) is 73.7 Å². The lowest BCUT2D eigenvalue weighted by Gasteiger charge is -2.27. The largest absolute Gasteiger partial charge is 0.396 e. The number of nitrogens with one attached hydrogen (secondary N) is 3. The van der Waals surface area contributed by atoms with Crippen molar-refractivity contribution >= 4 is 65.4 Å². The fraction of sp³-hybridized carbons (Fsp3) is 0.410. The van der Waals surface area contributed by atoms with Gasteiger partial charge in [0.05, 0.1) is 28.3 Å². The van der Waals surface area contributed by atoms with E-state index < -0.39 is 59.5 Å². The third kappa shape index (κ3) is 7.28. The Morgan fingerprint density at radius 3 is 1.23 bits per heavy atom. The molecule has 296 valence electrons. The van der Waals surface area contributed by atoms with Crippen LogP contribution >= 0.6 is 0 Å². The number of fused-ring (bicyclic) bond motifs is 4. The molecule has 0 radical (unpaired) electrons. The Kier molecular flexibility index (Phi) is 10.5. The van der Waals surface area contributed by atoms with E-state index in [2.05, 4.69) is 16.0 Å². The lowest BCUT2D eigenvalue weighted by Crippen LogP contribution is -2.54. The van der Waals surface area contributed by atoms with Crippen LogP contribution in [-0.4, -0.2) is 105 Å². The van der Waals surface area contributed by atoms with Gasteiger partial charge in [0.25, 0.3) is 23.6 Å². The summed E-state index contributed by atoms with van der Waals surface area (Å²) in [5.41, 5.74) is 10.2. The van der Waals surface area contributed by atoms with Gasteiger partial charge in [0.15, 0.2) is 0 Å². The number of aliphatic hydroxyl groups is 1. The van der Waals surface area contributed by atoms with Crippen molar-refractivity contribution in [2.45, 2.75) is 82.3 Å². The fourth-order valence-corrected chi connectivity index (χ4v) is 8.24. The van der Waals surface area contributed by atoms with Gasteiger partial charge >= 0.3 is 0 Å². The van der Waals surface area contributed by atoms with E-state index in [1.54, 1.807) is 24.3 Å². The number of carbonyl (C=O) groups excluding carboxylic acids is 11. The Morgan fingerprint density at radius 2 is 0.912 bits per heavy atom. The molecule has 5 heterocycles. The van der Waals surface area contributed by atoms with Crippen LogP contribution in [0.25, 0.3) is 0 Å². The van der Waals surface area contributed by atoms with E-state index in [9.17, 15) is 57.8 Å². The smallest absolute Gasteiger partial charge is 0.262 e. The monoisotopic (exact) mass is 782 g/mol. The summed E-state index contributed by atoms with van der Waals surface area (Å²) in [6, 6.07) is 4.39. The van der Waals surface area contributed by atoms with E-state index in [4.69, 9.17) is 5.73 Å². The van der Waals surface area contributed by atoms with E-state index in [-0.39, 0.29) is 73.0 Å². The van der Waals surface area contributed by atoms with Crippen molar-refractivity contribution in [2.24, 2.45) is 17.6 Å². The van der Waals surface area contributed by atoms with Gasteiger partial charge in [0.2, 0.25) is 35.4 Å². The average molecular weight is 783 g/mol. The number of imide groups is 5. The predicted octanol–water partition coefficient (Wildman–Crippen LogP) is -1.45. The highest BCUT2D eigenvalue weighted by atomic mass is 16.3. The number of nitrogens with two attached hydrogens (primary N) is 1. The molecular formula is C39H38N6O12. The highest BCUT2D eigenvalue weighted by molar-refractivity contribution is 6.24. The van der Waals surface area contributed by atoms with Crippen LogP contribution in [0.4, 0.5) is 0 Å². The first kappa shape index (κ1) is 39.0. The first-order valence-corrected chi connectivity index (χ1v) is 18.6. The second kappa shape index (κ2) is 15.3. The maximum Gasteiger partial charge on any atom is 0.262 e. The van der Waals surface area contributed by atoms with E-state index in [0.29, 0.717) is 49.7 Å². The van der Waals surface area contributed by atoms with E-state index >= 15 is 0 Å². The summed E-state index contributed by atoms with van der Waals surface area (Å²) >= 11 is 0. The van der Waals surface area contributed by atoms with Crippen LogP contribution in [0, 0.1) is 11.8 Å². The second-order valence-corrected chi connectivity index (χ2v) is 15.0. The zero-order valence-electron chi connectivity index (χ0n) is 30.5. The van der Waals surface area contributed by atoms with Crippen LogP contribution in [0.1, 0.15) is 102 Å². The molecule has 3 atom stereocenters. The number of nitrogens with zero attached hydrogens (tertiary/aromatic N) is 2. The Morgan fingerprint density at radius 1 is 0.561 bits per heavy atom. The van der Waals surface area contributed by atoms with Crippen molar-refractivity contribution in [3.63, 3.8) is 0 Å². The van der Waals surface area contributed by atoms with E-state index in [0.717, 1.165) is 38.3 Å². The molecule has 2 aromatic rings. The van der Waals surface area contributed by atoms with Gasteiger partial charge in [-0.15, -0.1) is 0 Å². The summed E-state index contributed by atoms with van der Waals surface area (Å²) in [5, 5.41) is 15.8. The number of benzene rings is 2. The molecule has 3 saturated heterocycles. The third-order valence-electron chi connectivity index (χ3n) is 11.2. The molecule has 2 aromatic carbocycles. The van der Waals surface area contributed by atoms with Gasteiger partial charge in [-0.25, -0.2) is 0 Å². The SMILES string of the molecule is NC1CCC(=O)NC1=O.O=C1CCC(N2C(=O)c3cc4c(cc3C2=O)CC(CO)C4)C(=O)N1.O=CC1Cc2cc3c(cc2C1)C(=O)N(C1CCC(=O)NC1=O)C3=O. The molecule has 18 heteroatoms. The topological polar surface area (TPSA) is 277 Å². The molecule has 3 unspecified atom stereocenters. The quantitative estimate of drug-likeness (QED) is 0.176. The van der Waals surface area contributed by atoms with Crippen LogP contribution in [0.5, 0.6) is 0 Å². The molecule has 6 N–H and O–H groups in total. The van der Waals surface area contributed by atoms with Crippen molar-refractivity contribution in [1.82, 2.24) is 25.8 Å². The van der Waals surface area contributed by atoms with Gasteiger partial charge in [0.1, 0.15) is 18.4 Å².